The standard InChI is InChI=1S/C17H24O2.C12H22O2/c1-2-3-4-5-6-7-8-12-15-17(18)19-16-13-10-9-11-14-16;1-3-4-5-6-7-8-9-10-11-12(13)14-2/h2,9-11,13-14H,1,3-8,12,15H2;3H,1,4-11H2,2H3. The highest BCUT2D eigenvalue weighted by Gasteiger charge is 2.03. The van der Waals surface area contributed by atoms with Gasteiger partial charge < -0.3 is 9.47 Å². The molecule has 0 saturated carbocycles. The van der Waals surface area contributed by atoms with Crippen molar-refractivity contribution in [3.05, 3.63) is 55.6 Å². The number of ether oxygens (including phenoxy) is 2. The third kappa shape index (κ3) is 22.6. The van der Waals surface area contributed by atoms with Gasteiger partial charge in [-0.2, -0.15) is 0 Å². The van der Waals surface area contributed by atoms with E-state index in [1.54, 1.807) is 12.1 Å². The first-order valence-corrected chi connectivity index (χ1v) is 12.7. The van der Waals surface area contributed by atoms with Gasteiger partial charge in [-0.15, -0.1) is 13.2 Å². The second-order valence-corrected chi connectivity index (χ2v) is 8.26. The monoisotopic (exact) mass is 458 g/mol. The molecule has 0 heterocycles. The first kappa shape index (κ1) is 30.6. The molecule has 33 heavy (non-hydrogen) atoms. The minimum absolute atomic E-state index is 0.0864. The predicted molar refractivity (Wildman–Crippen MR) is 138 cm³/mol. The van der Waals surface area contributed by atoms with Gasteiger partial charge in [0.1, 0.15) is 5.75 Å². The van der Waals surface area contributed by atoms with Crippen LogP contribution in [0.5, 0.6) is 5.75 Å². The Labute approximate surface area is 202 Å². The fraction of sp³-hybridized carbons (Fsp3) is 0.586. The maximum Gasteiger partial charge on any atom is 0.311 e. The van der Waals surface area contributed by atoms with E-state index in [1.807, 2.05) is 30.4 Å². The van der Waals surface area contributed by atoms with E-state index in [-0.39, 0.29) is 11.9 Å². The summed E-state index contributed by atoms with van der Waals surface area (Å²) in [6.45, 7) is 7.40. The molecule has 0 spiro atoms. The van der Waals surface area contributed by atoms with Crippen molar-refractivity contribution in [2.24, 2.45) is 0 Å². The normalized spacial score (nSPS) is 9.97. The highest BCUT2D eigenvalue weighted by atomic mass is 16.5. The van der Waals surface area contributed by atoms with Crippen LogP contribution in [-0.2, 0) is 14.3 Å². The van der Waals surface area contributed by atoms with Crippen LogP contribution in [0.15, 0.2) is 55.6 Å². The van der Waals surface area contributed by atoms with Crippen molar-refractivity contribution >= 4 is 11.9 Å². The third-order valence-electron chi connectivity index (χ3n) is 5.28. The fourth-order valence-electron chi connectivity index (χ4n) is 3.30. The van der Waals surface area contributed by atoms with E-state index < -0.39 is 0 Å². The average Bonchev–Trinajstić information content (AvgIpc) is 2.83. The number of hydrogen-bond acceptors (Lipinski definition) is 4. The van der Waals surface area contributed by atoms with Crippen LogP contribution in [0.25, 0.3) is 0 Å². The molecule has 0 saturated heterocycles. The molecule has 4 nitrogen and oxygen atoms in total. The zero-order valence-corrected chi connectivity index (χ0v) is 20.9. The summed E-state index contributed by atoms with van der Waals surface area (Å²) >= 11 is 0. The molecule has 0 aliphatic rings. The molecule has 1 aromatic carbocycles. The number of carbonyl (C=O) groups excluding carboxylic acids is 2. The van der Waals surface area contributed by atoms with Crippen LogP contribution in [0, 0.1) is 0 Å². The van der Waals surface area contributed by atoms with Crippen molar-refractivity contribution in [2.45, 2.75) is 103 Å². The molecule has 0 amide bonds. The van der Waals surface area contributed by atoms with Gasteiger partial charge in [0.25, 0.3) is 0 Å². The number of para-hydroxylation sites is 1. The summed E-state index contributed by atoms with van der Waals surface area (Å²) < 4.78 is 9.78. The topological polar surface area (TPSA) is 52.6 Å². The van der Waals surface area contributed by atoms with Crippen molar-refractivity contribution in [3.63, 3.8) is 0 Å². The molecule has 0 fully saturated rings. The van der Waals surface area contributed by atoms with Crippen LogP contribution in [-0.4, -0.2) is 19.0 Å². The molecule has 0 atom stereocenters. The fourth-order valence-corrected chi connectivity index (χ4v) is 3.30. The van der Waals surface area contributed by atoms with Gasteiger partial charge in [0.2, 0.25) is 0 Å². The molecule has 0 aromatic heterocycles. The molecule has 0 bridgehead atoms. The lowest BCUT2D eigenvalue weighted by atomic mass is 10.1. The van der Waals surface area contributed by atoms with Gasteiger partial charge in [0.15, 0.2) is 0 Å². The minimum Gasteiger partial charge on any atom is -0.469 e. The number of benzene rings is 1. The number of esters is 2. The van der Waals surface area contributed by atoms with Crippen molar-refractivity contribution in [1.29, 1.82) is 0 Å². The first-order chi connectivity index (χ1) is 16.1. The number of allylic oxidation sites excluding steroid dienone is 2. The Balaban J connectivity index is 0.000000653. The third-order valence-corrected chi connectivity index (χ3v) is 5.28. The quantitative estimate of drug-likeness (QED) is 0.0904. The average molecular weight is 459 g/mol. The van der Waals surface area contributed by atoms with E-state index in [1.165, 1.54) is 58.5 Å². The van der Waals surface area contributed by atoms with E-state index >= 15 is 0 Å². The second-order valence-electron chi connectivity index (χ2n) is 8.26. The molecular weight excluding hydrogens is 412 g/mol. The summed E-state index contributed by atoms with van der Waals surface area (Å²) in [6.07, 6.45) is 21.4. The maximum absolute atomic E-state index is 11.6. The second kappa shape index (κ2) is 24.3. The summed E-state index contributed by atoms with van der Waals surface area (Å²) in [7, 11) is 1.44. The van der Waals surface area contributed by atoms with Gasteiger partial charge in [-0.05, 0) is 50.7 Å². The zero-order valence-electron chi connectivity index (χ0n) is 20.9. The molecule has 0 aliphatic heterocycles. The van der Waals surface area contributed by atoms with Crippen LogP contribution in [0.2, 0.25) is 0 Å². The van der Waals surface area contributed by atoms with Crippen LogP contribution < -0.4 is 4.74 Å². The highest BCUT2D eigenvalue weighted by molar-refractivity contribution is 5.72. The number of carbonyl (C=O) groups is 2. The predicted octanol–water partition coefficient (Wildman–Crippen LogP) is 8.37. The molecule has 186 valence electrons. The van der Waals surface area contributed by atoms with Crippen molar-refractivity contribution in [1.82, 2.24) is 0 Å². The van der Waals surface area contributed by atoms with Gasteiger partial charge in [-0.25, -0.2) is 0 Å². The Morgan fingerprint density at radius 3 is 1.55 bits per heavy atom. The van der Waals surface area contributed by atoms with Gasteiger partial charge in [-0.1, -0.05) is 81.7 Å². The molecule has 4 heteroatoms. The Morgan fingerprint density at radius 1 is 0.667 bits per heavy atom. The molecular formula is C29H46O4. The van der Waals surface area contributed by atoms with E-state index in [9.17, 15) is 9.59 Å². The van der Waals surface area contributed by atoms with Gasteiger partial charge in [0.05, 0.1) is 7.11 Å². The van der Waals surface area contributed by atoms with Crippen LogP contribution in [0.4, 0.5) is 0 Å². The first-order valence-electron chi connectivity index (χ1n) is 12.7. The molecule has 0 N–H and O–H groups in total. The lowest BCUT2D eigenvalue weighted by Gasteiger charge is -2.04. The summed E-state index contributed by atoms with van der Waals surface area (Å²) in [6, 6.07) is 9.25. The Hall–Kier alpha value is -2.36. The molecule has 1 rings (SSSR count). The summed E-state index contributed by atoms with van der Waals surface area (Å²) in [5.41, 5.74) is 0. The highest BCUT2D eigenvalue weighted by Crippen LogP contribution is 2.12. The van der Waals surface area contributed by atoms with Gasteiger partial charge >= 0.3 is 11.9 Å². The van der Waals surface area contributed by atoms with Crippen LogP contribution >= 0.6 is 0 Å². The van der Waals surface area contributed by atoms with Crippen LogP contribution in [0.3, 0.4) is 0 Å². The van der Waals surface area contributed by atoms with E-state index in [4.69, 9.17) is 4.74 Å². The van der Waals surface area contributed by atoms with E-state index in [0.29, 0.717) is 18.6 Å². The van der Waals surface area contributed by atoms with Crippen molar-refractivity contribution in [3.8, 4) is 5.75 Å². The Morgan fingerprint density at radius 2 is 1.09 bits per heavy atom. The van der Waals surface area contributed by atoms with Gasteiger partial charge in [-0.3, -0.25) is 9.59 Å². The summed E-state index contributed by atoms with van der Waals surface area (Å²) in [5.74, 6) is 0.423. The lowest BCUT2D eigenvalue weighted by Crippen LogP contribution is -2.07. The zero-order chi connectivity index (χ0) is 24.4. The molecule has 0 radical (unpaired) electrons. The summed E-state index contributed by atoms with van der Waals surface area (Å²) in [4.78, 5) is 22.3. The minimum atomic E-state index is -0.127. The maximum atomic E-state index is 11.6. The van der Waals surface area contributed by atoms with Crippen molar-refractivity contribution < 1.29 is 19.1 Å². The smallest absolute Gasteiger partial charge is 0.311 e. The number of hydrogen-bond donors (Lipinski definition) is 0. The Bertz CT molecular complexity index is 609. The molecule has 0 aliphatic carbocycles. The Kier molecular flexibility index (Phi) is 22.5. The lowest BCUT2D eigenvalue weighted by molar-refractivity contribution is -0.140. The summed E-state index contributed by atoms with van der Waals surface area (Å²) in [5, 5.41) is 0. The SMILES string of the molecule is C=CCCCCCCCCC(=O)OC.C=CCCCCCCCCC(=O)Oc1ccccc1. The molecule has 0 unspecified atom stereocenters. The van der Waals surface area contributed by atoms with Crippen molar-refractivity contribution in [2.75, 3.05) is 7.11 Å². The molecule has 1 aromatic rings. The van der Waals surface area contributed by atoms with E-state index in [0.717, 1.165) is 38.5 Å². The number of methoxy groups -OCH3 is 1. The number of unbranched alkanes of at least 4 members (excludes halogenated alkanes) is 12. The number of rotatable bonds is 19. The van der Waals surface area contributed by atoms with E-state index in [2.05, 4.69) is 17.9 Å². The van der Waals surface area contributed by atoms with Gasteiger partial charge in [0, 0.05) is 12.8 Å². The van der Waals surface area contributed by atoms with Crippen LogP contribution in [0.1, 0.15) is 103 Å². The largest absolute Gasteiger partial charge is 0.469 e.